The van der Waals surface area contributed by atoms with E-state index in [1.165, 1.54) is 26.4 Å². The molecule has 0 saturated heterocycles. The van der Waals surface area contributed by atoms with Crippen molar-refractivity contribution in [2.24, 2.45) is 0 Å². The van der Waals surface area contributed by atoms with Crippen LogP contribution in [-0.4, -0.2) is 32.7 Å². The van der Waals surface area contributed by atoms with Gasteiger partial charge in [-0.25, -0.2) is 4.79 Å². The van der Waals surface area contributed by atoms with Crippen LogP contribution in [0.25, 0.3) is 0 Å². The summed E-state index contributed by atoms with van der Waals surface area (Å²) in [5.41, 5.74) is 0.586. The third kappa shape index (κ3) is 5.01. The number of anilines is 1. The zero-order valence-corrected chi connectivity index (χ0v) is 15.0. The van der Waals surface area contributed by atoms with E-state index >= 15 is 0 Å². The number of hydrogen-bond donors (Lipinski definition) is 1. The van der Waals surface area contributed by atoms with E-state index in [-0.39, 0.29) is 5.56 Å². The number of benzene rings is 2. The van der Waals surface area contributed by atoms with Crippen LogP contribution in [0.4, 0.5) is 5.69 Å². The number of halogens is 2. The monoisotopic (exact) mass is 383 g/mol. The van der Waals surface area contributed by atoms with E-state index < -0.39 is 18.5 Å². The van der Waals surface area contributed by atoms with Crippen LogP contribution in [0.15, 0.2) is 36.4 Å². The summed E-state index contributed by atoms with van der Waals surface area (Å²) in [5.74, 6) is -0.450. The number of ether oxygens (including phenoxy) is 3. The predicted molar refractivity (Wildman–Crippen MR) is 94.9 cm³/mol. The Morgan fingerprint density at radius 1 is 1.00 bits per heavy atom. The Labute approximate surface area is 154 Å². The first-order valence-corrected chi connectivity index (χ1v) is 7.84. The molecule has 0 aromatic heterocycles. The van der Waals surface area contributed by atoms with E-state index in [0.717, 1.165) is 0 Å². The second-order valence-electron chi connectivity index (χ2n) is 4.82. The number of esters is 1. The van der Waals surface area contributed by atoms with Gasteiger partial charge in [-0.15, -0.1) is 0 Å². The highest BCUT2D eigenvalue weighted by Crippen LogP contribution is 2.27. The largest absolute Gasteiger partial charge is 0.496 e. The molecule has 132 valence electrons. The first kappa shape index (κ1) is 18.9. The quantitative estimate of drug-likeness (QED) is 0.767. The third-order valence-corrected chi connectivity index (χ3v) is 3.68. The Morgan fingerprint density at radius 3 is 2.32 bits per heavy atom. The molecule has 0 saturated carbocycles. The van der Waals surface area contributed by atoms with E-state index in [9.17, 15) is 9.59 Å². The van der Waals surface area contributed by atoms with Crippen LogP contribution < -0.4 is 14.8 Å². The predicted octanol–water partition coefficient (Wildman–Crippen LogP) is 3.81. The topological polar surface area (TPSA) is 73.9 Å². The number of carbonyl (C=O) groups is 2. The van der Waals surface area contributed by atoms with Crippen LogP contribution >= 0.6 is 23.2 Å². The summed E-state index contributed by atoms with van der Waals surface area (Å²) in [5, 5.41) is 3.27. The molecule has 25 heavy (non-hydrogen) atoms. The zero-order valence-electron chi connectivity index (χ0n) is 13.5. The Hall–Kier alpha value is -2.44. The van der Waals surface area contributed by atoms with E-state index in [0.29, 0.717) is 27.2 Å². The zero-order chi connectivity index (χ0) is 18.4. The maximum absolute atomic E-state index is 12.1. The van der Waals surface area contributed by atoms with Crippen molar-refractivity contribution < 1.29 is 23.8 Å². The molecule has 0 unspecified atom stereocenters. The van der Waals surface area contributed by atoms with Gasteiger partial charge in [0.2, 0.25) is 0 Å². The van der Waals surface area contributed by atoms with Gasteiger partial charge < -0.3 is 19.5 Å². The highest BCUT2D eigenvalue weighted by molar-refractivity contribution is 6.32. The van der Waals surface area contributed by atoms with E-state index in [1.807, 2.05) is 0 Å². The lowest BCUT2D eigenvalue weighted by molar-refractivity contribution is -0.119. The average molecular weight is 384 g/mol. The lowest BCUT2D eigenvalue weighted by atomic mass is 10.2. The molecule has 8 heteroatoms. The van der Waals surface area contributed by atoms with Crippen LogP contribution in [-0.2, 0) is 9.53 Å². The Morgan fingerprint density at radius 2 is 1.68 bits per heavy atom. The van der Waals surface area contributed by atoms with Gasteiger partial charge in [0.05, 0.1) is 19.2 Å². The highest BCUT2D eigenvalue weighted by atomic mass is 35.5. The normalized spacial score (nSPS) is 10.1. The van der Waals surface area contributed by atoms with Crippen molar-refractivity contribution in [1.29, 1.82) is 0 Å². The number of rotatable bonds is 6. The van der Waals surface area contributed by atoms with Crippen molar-refractivity contribution in [2.75, 3.05) is 26.1 Å². The number of methoxy groups -OCH3 is 2. The van der Waals surface area contributed by atoms with E-state index in [4.69, 9.17) is 37.4 Å². The van der Waals surface area contributed by atoms with Crippen molar-refractivity contribution in [2.45, 2.75) is 0 Å². The minimum absolute atomic E-state index is 0.135. The van der Waals surface area contributed by atoms with Crippen LogP contribution in [0.5, 0.6) is 11.5 Å². The summed E-state index contributed by atoms with van der Waals surface area (Å²) in [6, 6.07) is 9.28. The molecule has 0 spiro atoms. The molecule has 2 aromatic carbocycles. The number of nitrogens with one attached hydrogen (secondary N) is 1. The van der Waals surface area contributed by atoms with Gasteiger partial charge in [-0.2, -0.15) is 0 Å². The van der Waals surface area contributed by atoms with Gasteiger partial charge in [-0.1, -0.05) is 23.2 Å². The molecule has 0 aliphatic carbocycles. The molecular weight excluding hydrogens is 369 g/mol. The molecule has 0 heterocycles. The van der Waals surface area contributed by atoms with E-state index in [1.54, 1.807) is 24.3 Å². The van der Waals surface area contributed by atoms with Gasteiger partial charge in [0.15, 0.2) is 6.61 Å². The van der Waals surface area contributed by atoms with Gasteiger partial charge >= 0.3 is 5.97 Å². The highest BCUT2D eigenvalue weighted by Gasteiger charge is 2.16. The van der Waals surface area contributed by atoms with Gasteiger partial charge in [0.25, 0.3) is 5.91 Å². The first-order valence-electron chi connectivity index (χ1n) is 7.08. The van der Waals surface area contributed by atoms with Gasteiger partial charge in [0, 0.05) is 10.7 Å². The minimum Gasteiger partial charge on any atom is -0.496 e. The fourth-order valence-corrected chi connectivity index (χ4v) is 2.42. The Kier molecular flexibility index (Phi) is 6.50. The average Bonchev–Trinajstić information content (AvgIpc) is 2.59. The molecule has 1 amide bonds. The fraction of sp³-hybridized carbons (Fsp3) is 0.176. The third-order valence-electron chi connectivity index (χ3n) is 3.15. The van der Waals surface area contributed by atoms with Crippen molar-refractivity contribution in [3.63, 3.8) is 0 Å². The van der Waals surface area contributed by atoms with Gasteiger partial charge in [-0.3, -0.25) is 4.79 Å². The van der Waals surface area contributed by atoms with Crippen molar-refractivity contribution in [3.8, 4) is 11.5 Å². The molecule has 2 aromatic rings. The maximum Gasteiger partial charge on any atom is 0.342 e. The van der Waals surface area contributed by atoms with Gasteiger partial charge in [-0.05, 0) is 36.4 Å². The lowest BCUT2D eigenvalue weighted by Gasteiger charge is -2.10. The van der Waals surface area contributed by atoms with Gasteiger partial charge in [0.1, 0.15) is 17.1 Å². The van der Waals surface area contributed by atoms with Crippen molar-refractivity contribution in [1.82, 2.24) is 0 Å². The molecule has 0 atom stereocenters. The fourth-order valence-electron chi connectivity index (χ4n) is 1.99. The minimum atomic E-state index is -0.720. The Bertz CT molecular complexity index is 795. The summed E-state index contributed by atoms with van der Waals surface area (Å²) in [6.07, 6.45) is 0. The maximum atomic E-state index is 12.1. The molecule has 6 nitrogen and oxygen atoms in total. The molecule has 0 bridgehead atoms. The summed E-state index contributed by atoms with van der Waals surface area (Å²) in [6.45, 7) is -0.474. The number of carbonyl (C=O) groups excluding carboxylic acids is 2. The first-order chi connectivity index (χ1) is 11.9. The summed E-state index contributed by atoms with van der Waals surface area (Å²) >= 11 is 11.8. The van der Waals surface area contributed by atoms with E-state index in [2.05, 4.69) is 5.32 Å². The SMILES string of the molecule is COc1ccc(NC(=O)COC(=O)c2cc(Cl)ccc2OC)cc1Cl. The molecule has 2 rings (SSSR count). The second-order valence-corrected chi connectivity index (χ2v) is 5.66. The smallest absolute Gasteiger partial charge is 0.342 e. The van der Waals surface area contributed by atoms with Crippen LogP contribution in [0.2, 0.25) is 10.0 Å². The standard InChI is InChI=1S/C17H15Cl2NO5/c1-23-14-5-3-10(18)7-12(14)17(22)25-9-16(21)20-11-4-6-15(24-2)13(19)8-11/h3-8H,9H2,1-2H3,(H,20,21). The van der Waals surface area contributed by atoms with Crippen LogP contribution in [0, 0.1) is 0 Å². The van der Waals surface area contributed by atoms with Crippen LogP contribution in [0.1, 0.15) is 10.4 Å². The lowest BCUT2D eigenvalue weighted by Crippen LogP contribution is -2.21. The second kappa shape index (κ2) is 8.60. The summed E-state index contributed by atoms with van der Waals surface area (Å²) < 4.78 is 15.1. The van der Waals surface area contributed by atoms with Crippen molar-refractivity contribution >= 4 is 40.8 Å². The molecule has 0 radical (unpaired) electrons. The summed E-state index contributed by atoms with van der Waals surface area (Å²) in [4.78, 5) is 24.0. The molecule has 0 aliphatic rings. The number of amides is 1. The number of hydrogen-bond acceptors (Lipinski definition) is 5. The van der Waals surface area contributed by atoms with Crippen LogP contribution in [0.3, 0.4) is 0 Å². The summed E-state index contributed by atoms with van der Waals surface area (Å²) in [7, 11) is 2.91. The molecule has 1 N–H and O–H groups in total. The Balaban J connectivity index is 1.97. The molecule has 0 aliphatic heterocycles. The molecule has 0 fully saturated rings. The van der Waals surface area contributed by atoms with Crippen molar-refractivity contribution in [3.05, 3.63) is 52.0 Å². The molecular formula is C17H15Cl2NO5.